The van der Waals surface area contributed by atoms with Crippen LogP contribution in [0.1, 0.15) is 73.1 Å². The summed E-state index contributed by atoms with van der Waals surface area (Å²) in [4.78, 5) is 13.8. The topological polar surface area (TPSA) is 94.5 Å². The zero-order chi connectivity index (χ0) is 27.2. The van der Waals surface area contributed by atoms with Gasteiger partial charge in [0, 0.05) is 19.3 Å². The van der Waals surface area contributed by atoms with Gasteiger partial charge in [0.1, 0.15) is 29.8 Å². The first-order valence-corrected chi connectivity index (χ1v) is 14.3. The van der Waals surface area contributed by atoms with Gasteiger partial charge in [0.05, 0.1) is 18.8 Å². The van der Waals surface area contributed by atoms with E-state index in [1.54, 1.807) is 13.0 Å². The fourth-order valence-corrected chi connectivity index (χ4v) is 6.85. The van der Waals surface area contributed by atoms with Gasteiger partial charge in [-0.3, -0.25) is 4.79 Å². The van der Waals surface area contributed by atoms with E-state index in [4.69, 9.17) is 18.9 Å². The number of aliphatic hydroxyl groups is 2. The number of hydrogen-bond acceptors (Lipinski definition) is 7. The van der Waals surface area contributed by atoms with Crippen molar-refractivity contribution in [2.45, 2.75) is 115 Å². The van der Waals surface area contributed by atoms with Crippen molar-refractivity contribution in [1.82, 2.24) is 0 Å². The quantitative estimate of drug-likeness (QED) is 0.352. The normalized spacial score (nSPS) is 49.7. The molecule has 10 unspecified atom stereocenters. The maximum atomic E-state index is 13.8. The van der Waals surface area contributed by atoms with Crippen LogP contribution < -0.4 is 0 Å². The van der Waals surface area contributed by atoms with Gasteiger partial charge in [0.15, 0.2) is 5.79 Å². The summed E-state index contributed by atoms with van der Waals surface area (Å²) in [7, 11) is 0. The molecule has 7 heteroatoms. The Bertz CT molecular complexity index is 1040. The lowest BCUT2D eigenvalue weighted by atomic mass is 9.71. The van der Waals surface area contributed by atoms with E-state index < -0.39 is 41.6 Å². The Labute approximate surface area is 226 Å². The van der Waals surface area contributed by atoms with Crippen molar-refractivity contribution >= 4 is 5.97 Å². The summed E-state index contributed by atoms with van der Waals surface area (Å²) < 4.78 is 25.2. The van der Waals surface area contributed by atoms with Gasteiger partial charge >= 0.3 is 5.97 Å². The highest BCUT2D eigenvalue weighted by molar-refractivity contribution is 5.78. The standard InChI is InChI=1S/C31H44O7/c1-18-7-6-8-23-17-35-28-27(32)21(4)14-26(31(23,28)34)29(33)36-25-15-24(10-9-19(2)13-18)38-30(16-25)12-11-20(3)22(5)37-30/h6-9,14,18,20,22,24-28,32,34H,10-13,15-17H2,1-5H3/b7-6-,19-9+,23-8+. The molecule has 1 aliphatic carbocycles. The smallest absolute Gasteiger partial charge is 0.316 e. The molecule has 5 aliphatic rings. The molecule has 10 atom stereocenters. The number of esters is 1. The molecule has 7 nitrogen and oxygen atoms in total. The van der Waals surface area contributed by atoms with E-state index in [0.717, 1.165) is 25.7 Å². The highest BCUT2D eigenvalue weighted by atomic mass is 16.7. The van der Waals surface area contributed by atoms with Gasteiger partial charge in [-0.15, -0.1) is 0 Å². The molecular formula is C31H44O7. The van der Waals surface area contributed by atoms with Crippen LogP contribution in [-0.2, 0) is 23.7 Å². The number of hydrogen-bond donors (Lipinski definition) is 2. The van der Waals surface area contributed by atoms with Gasteiger partial charge in [0.25, 0.3) is 0 Å². The van der Waals surface area contributed by atoms with Gasteiger partial charge < -0.3 is 29.2 Å². The third-order valence-electron chi connectivity index (χ3n) is 9.30. The Kier molecular flexibility index (Phi) is 7.79. The van der Waals surface area contributed by atoms with Crippen molar-refractivity contribution in [3.63, 3.8) is 0 Å². The summed E-state index contributed by atoms with van der Waals surface area (Å²) in [6.45, 7) is 10.5. The maximum absolute atomic E-state index is 13.8. The number of carbonyl (C=O) groups is 1. The number of aliphatic hydroxyl groups excluding tert-OH is 1. The van der Waals surface area contributed by atoms with E-state index in [-0.39, 0.29) is 18.8 Å². The van der Waals surface area contributed by atoms with Crippen LogP contribution >= 0.6 is 0 Å². The first-order valence-electron chi connectivity index (χ1n) is 14.3. The van der Waals surface area contributed by atoms with E-state index >= 15 is 0 Å². The van der Waals surface area contributed by atoms with E-state index in [1.165, 1.54) is 5.57 Å². The van der Waals surface area contributed by atoms with Crippen LogP contribution in [0.25, 0.3) is 0 Å². The molecular weight excluding hydrogens is 484 g/mol. The predicted molar refractivity (Wildman–Crippen MR) is 143 cm³/mol. The summed E-state index contributed by atoms with van der Waals surface area (Å²) >= 11 is 0. The largest absolute Gasteiger partial charge is 0.462 e. The summed E-state index contributed by atoms with van der Waals surface area (Å²) in [5.74, 6) is -1.53. The van der Waals surface area contributed by atoms with Gasteiger partial charge in [-0.05, 0) is 63.0 Å². The minimum Gasteiger partial charge on any atom is -0.462 e. The summed E-state index contributed by atoms with van der Waals surface area (Å²) in [5, 5.41) is 22.8. The van der Waals surface area contributed by atoms with Gasteiger partial charge in [-0.25, -0.2) is 0 Å². The lowest BCUT2D eigenvalue weighted by molar-refractivity contribution is -0.332. The molecule has 4 aliphatic heterocycles. The molecule has 2 N–H and O–H groups in total. The van der Waals surface area contributed by atoms with E-state index in [2.05, 4.69) is 39.8 Å². The van der Waals surface area contributed by atoms with Crippen LogP contribution in [0.15, 0.2) is 47.1 Å². The molecule has 0 amide bonds. The second-order valence-corrected chi connectivity index (χ2v) is 12.4. The Morgan fingerprint density at radius 2 is 1.89 bits per heavy atom. The Hall–Kier alpha value is -1.77. The average molecular weight is 529 g/mol. The lowest BCUT2D eigenvalue weighted by Gasteiger charge is -2.49. The summed E-state index contributed by atoms with van der Waals surface area (Å²) in [5.41, 5.74) is 0.783. The van der Waals surface area contributed by atoms with Crippen LogP contribution in [0.5, 0.6) is 0 Å². The van der Waals surface area contributed by atoms with Crippen molar-refractivity contribution in [1.29, 1.82) is 0 Å². The van der Waals surface area contributed by atoms with Gasteiger partial charge in [-0.1, -0.05) is 49.8 Å². The first kappa shape index (κ1) is 27.8. The highest BCUT2D eigenvalue weighted by Gasteiger charge is 2.60. The molecule has 1 spiro atoms. The number of fused-ring (bicyclic) bond motifs is 2. The molecule has 5 rings (SSSR count). The lowest BCUT2D eigenvalue weighted by Crippen LogP contribution is -2.58. The third kappa shape index (κ3) is 5.20. The van der Waals surface area contributed by atoms with Crippen LogP contribution in [0, 0.1) is 17.8 Å². The van der Waals surface area contributed by atoms with Crippen LogP contribution in [0.2, 0.25) is 0 Å². The van der Waals surface area contributed by atoms with Crippen molar-refractivity contribution in [3.05, 3.63) is 47.1 Å². The summed E-state index contributed by atoms with van der Waals surface area (Å²) in [6, 6.07) is 0. The molecule has 3 fully saturated rings. The van der Waals surface area contributed by atoms with Crippen molar-refractivity contribution < 1.29 is 34.0 Å². The molecule has 3 saturated heterocycles. The molecule has 0 aromatic rings. The van der Waals surface area contributed by atoms with Crippen molar-refractivity contribution in [2.75, 3.05) is 6.61 Å². The molecule has 0 aromatic carbocycles. The molecule has 0 saturated carbocycles. The SMILES string of the molecule is CC1=CC2C(=O)OC3CC(C/C=C(\C)CC(C)/C=C\C=C4/COC(C1O)C42O)OC1(CCC(C)C(C)O1)C3. The molecule has 4 heterocycles. The van der Waals surface area contributed by atoms with Crippen LogP contribution in [-0.4, -0.2) is 64.7 Å². The Balaban J connectivity index is 1.51. The van der Waals surface area contributed by atoms with E-state index in [1.807, 2.05) is 12.2 Å². The highest BCUT2D eigenvalue weighted by Crippen LogP contribution is 2.47. The van der Waals surface area contributed by atoms with Crippen LogP contribution in [0.3, 0.4) is 0 Å². The molecule has 0 radical (unpaired) electrons. The van der Waals surface area contributed by atoms with E-state index in [9.17, 15) is 15.0 Å². The van der Waals surface area contributed by atoms with Crippen molar-refractivity contribution in [2.24, 2.45) is 17.8 Å². The zero-order valence-corrected chi connectivity index (χ0v) is 23.4. The second kappa shape index (κ2) is 10.7. The van der Waals surface area contributed by atoms with Gasteiger partial charge in [-0.2, -0.15) is 0 Å². The minimum absolute atomic E-state index is 0.0526. The van der Waals surface area contributed by atoms with Crippen molar-refractivity contribution in [3.8, 4) is 0 Å². The van der Waals surface area contributed by atoms with Crippen LogP contribution in [0.4, 0.5) is 0 Å². The second-order valence-electron chi connectivity index (χ2n) is 12.4. The monoisotopic (exact) mass is 528 g/mol. The maximum Gasteiger partial charge on any atom is 0.316 e. The summed E-state index contributed by atoms with van der Waals surface area (Å²) in [6.07, 6.45) is 11.8. The number of ether oxygens (including phenoxy) is 4. The number of carbonyl (C=O) groups excluding carboxylic acids is 1. The fourth-order valence-electron chi connectivity index (χ4n) is 6.85. The van der Waals surface area contributed by atoms with E-state index in [0.29, 0.717) is 35.8 Å². The number of rotatable bonds is 0. The fraction of sp³-hybridized carbons (Fsp3) is 0.710. The molecule has 0 aromatic heterocycles. The third-order valence-corrected chi connectivity index (χ3v) is 9.30. The molecule has 38 heavy (non-hydrogen) atoms. The number of allylic oxidation sites excluding steroid dienone is 4. The molecule has 2 bridgehead atoms. The minimum atomic E-state index is -1.68. The first-order chi connectivity index (χ1) is 18.0. The van der Waals surface area contributed by atoms with Gasteiger partial charge in [0.2, 0.25) is 0 Å². The average Bonchev–Trinajstić information content (AvgIpc) is 3.19. The molecule has 210 valence electrons. The predicted octanol–water partition coefficient (Wildman–Crippen LogP) is 4.53. The zero-order valence-electron chi connectivity index (χ0n) is 23.4. The Morgan fingerprint density at radius 3 is 2.66 bits per heavy atom. The Morgan fingerprint density at radius 1 is 1.11 bits per heavy atom.